The molecule has 0 radical (unpaired) electrons. The number of nitriles is 1. The summed E-state index contributed by atoms with van der Waals surface area (Å²) >= 11 is 0. The molecule has 132 valence electrons. The van der Waals surface area contributed by atoms with Crippen LogP contribution in [-0.2, 0) is 13.1 Å². The lowest BCUT2D eigenvalue weighted by molar-refractivity contribution is 0.474. The van der Waals surface area contributed by atoms with Crippen LogP contribution in [0.2, 0.25) is 0 Å². The third-order valence-electron chi connectivity index (χ3n) is 3.53. The normalized spacial score (nSPS) is 10.6. The van der Waals surface area contributed by atoms with Gasteiger partial charge >= 0.3 is 0 Å². The van der Waals surface area contributed by atoms with Crippen LogP contribution in [0.15, 0.2) is 47.5 Å². The van der Waals surface area contributed by atoms with Gasteiger partial charge in [-0.05, 0) is 29.8 Å². The quantitative estimate of drug-likeness (QED) is 0.434. The number of guanidine groups is 1. The van der Waals surface area contributed by atoms with Crippen LogP contribution in [0.3, 0.4) is 0 Å². The average Bonchev–Trinajstić information content (AvgIpc) is 2.58. The van der Waals surface area contributed by atoms with Crippen LogP contribution in [0.4, 0.5) is 8.78 Å². The second kappa shape index (κ2) is 9.93. The molecule has 0 aliphatic rings. The smallest absolute Gasteiger partial charge is 0.193 e. The summed E-state index contributed by atoms with van der Waals surface area (Å²) in [7, 11) is 3.48. The molecule has 25 heavy (non-hydrogen) atoms. The van der Waals surface area contributed by atoms with E-state index in [1.165, 1.54) is 18.2 Å². The Bertz CT molecular complexity index is 770. The SMILES string of the molecule is CN=C(NCc1ccc(C#N)cc1F)N(C)Cc1ccc(F)cc1.I. The van der Waals surface area contributed by atoms with E-state index >= 15 is 0 Å². The first kappa shape index (κ1) is 20.8. The van der Waals surface area contributed by atoms with Crippen LogP contribution in [0.1, 0.15) is 16.7 Å². The molecule has 2 aromatic rings. The second-order valence-corrected chi connectivity index (χ2v) is 5.30. The largest absolute Gasteiger partial charge is 0.352 e. The van der Waals surface area contributed by atoms with Gasteiger partial charge in [-0.2, -0.15) is 5.26 Å². The van der Waals surface area contributed by atoms with Gasteiger partial charge in [0.1, 0.15) is 11.6 Å². The Labute approximate surface area is 163 Å². The van der Waals surface area contributed by atoms with Crippen molar-refractivity contribution in [1.29, 1.82) is 5.26 Å². The lowest BCUT2D eigenvalue weighted by Crippen LogP contribution is -2.38. The zero-order valence-electron chi connectivity index (χ0n) is 14.0. The zero-order valence-corrected chi connectivity index (χ0v) is 16.3. The van der Waals surface area contributed by atoms with Crippen molar-refractivity contribution in [3.05, 3.63) is 70.8 Å². The first-order chi connectivity index (χ1) is 11.5. The Hall–Kier alpha value is -2.21. The van der Waals surface area contributed by atoms with E-state index in [1.54, 1.807) is 31.3 Å². The van der Waals surface area contributed by atoms with Crippen molar-refractivity contribution in [1.82, 2.24) is 10.2 Å². The highest BCUT2D eigenvalue weighted by Crippen LogP contribution is 2.10. The summed E-state index contributed by atoms with van der Waals surface area (Å²) in [6, 6.07) is 12.5. The number of nitrogens with one attached hydrogen (secondary N) is 1. The highest BCUT2D eigenvalue weighted by atomic mass is 127. The molecule has 0 atom stereocenters. The number of rotatable bonds is 4. The highest BCUT2D eigenvalue weighted by molar-refractivity contribution is 14.0. The average molecular weight is 456 g/mol. The van der Waals surface area contributed by atoms with Gasteiger partial charge in [-0.3, -0.25) is 4.99 Å². The van der Waals surface area contributed by atoms with Crippen molar-refractivity contribution >= 4 is 29.9 Å². The van der Waals surface area contributed by atoms with Crippen LogP contribution in [0.5, 0.6) is 0 Å². The van der Waals surface area contributed by atoms with Crippen molar-refractivity contribution in [2.75, 3.05) is 14.1 Å². The van der Waals surface area contributed by atoms with E-state index in [-0.39, 0.29) is 41.9 Å². The zero-order chi connectivity index (χ0) is 17.5. The molecule has 2 rings (SSSR count). The van der Waals surface area contributed by atoms with Crippen LogP contribution in [0, 0.1) is 23.0 Å². The molecule has 0 bridgehead atoms. The van der Waals surface area contributed by atoms with Crippen LogP contribution >= 0.6 is 24.0 Å². The maximum atomic E-state index is 13.9. The Morgan fingerprint density at radius 2 is 1.88 bits per heavy atom. The lowest BCUT2D eigenvalue weighted by atomic mass is 10.1. The van der Waals surface area contributed by atoms with Crippen molar-refractivity contribution in [3.8, 4) is 6.07 Å². The van der Waals surface area contributed by atoms with Gasteiger partial charge in [0, 0.05) is 32.7 Å². The summed E-state index contributed by atoms with van der Waals surface area (Å²) in [5.74, 6) is -0.124. The van der Waals surface area contributed by atoms with Crippen molar-refractivity contribution in [3.63, 3.8) is 0 Å². The predicted octanol–water partition coefficient (Wildman–Crippen LogP) is 3.66. The molecule has 0 heterocycles. The third-order valence-corrected chi connectivity index (χ3v) is 3.53. The molecule has 0 aromatic heterocycles. The molecule has 0 saturated carbocycles. The molecule has 0 fully saturated rings. The minimum absolute atomic E-state index is 0. The number of benzene rings is 2. The van der Waals surface area contributed by atoms with Gasteiger partial charge in [-0.1, -0.05) is 18.2 Å². The van der Waals surface area contributed by atoms with Gasteiger partial charge < -0.3 is 10.2 Å². The lowest BCUT2D eigenvalue weighted by Gasteiger charge is -2.22. The molecular formula is C18H19F2IN4. The molecule has 0 saturated heterocycles. The van der Waals surface area contributed by atoms with E-state index in [4.69, 9.17) is 5.26 Å². The second-order valence-electron chi connectivity index (χ2n) is 5.30. The maximum Gasteiger partial charge on any atom is 0.193 e. The van der Waals surface area contributed by atoms with Crippen LogP contribution in [-0.4, -0.2) is 25.0 Å². The summed E-state index contributed by atoms with van der Waals surface area (Å²) in [4.78, 5) is 6.02. The van der Waals surface area contributed by atoms with E-state index in [9.17, 15) is 8.78 Å². The minimum atomic E-state index is -0.432. The summed E-state index contributed by atoms with van der Waals surface area (Å²) < 4.78 is 26.8. The first-order valence-corrected chi connectivity index (χ1v) is 7.38. The fourth-order valence-corrected chi connectivity index (χ4v) is 2.26. The van der Waals surface area contributed by atoms with E-state index in [2.05, 4.69) is 10.3 Å². The molecule has 7 heteroatoms. The fourth-order valence-electron chi connectivity index (χ4n) is 2.26. The number of hydrogen-bond donors (Lipinski definition) is 1. The molecule has 0 amide bonds. The van der Waals surface area contributed by atoms with E-state index in [0.717, 1.165) is 5.56 Å². The molecular weight excluding hydrogens is 437 g/mol. The first-order valence-electron chi connectivity index (χ1n) is 7.38. The van der Waals surface area contributed by atoms with Gasteiger partial charge in [-0.15, -0.1) is 24.0 Å². The molecule has 1 N–H and O–H groups in total. The fraction of sp³-hybridized carbons (Fsp3) is 0.222. The molecule has 2 aromatic carbocycles. The van der Waals surface area contributed by atoms with Gasteiger partial charge in [0.2, 0.25) is 0 Å². The molecule has 0 aliphatic heterocycles. The van der Waals surface area contributed by atoms with Crippen LogP contribution < -0.4 is 5.32 Å². The Balaban J connectivity index is 0.00000312. The summed E-state index contributed by atoms with van der Waals surface area (Å²) in [6.45, 7) is 0.785. The Kier molecular flexibility index (Phi) is 8.28. The van der Waals surface area contributed by atoms with Crippen LogP contribution in [0.25, 0.3) is 0 Å². The van der Waals surface area contributed by atoms with Gasteiger partial charge in [0.25, 0.3) is 0 Å². The number of halogens is 3. The molecule has 0 unspecified atom stereocenters. The minimum Gasteiger partial charge on any atom is -0.352 e. The number of hydrogen-bond acceptors (Lipinski definition) is 2. The number of nitrogens with zero attached hydrogens (tertiary/aromatic N) is 3. The van der Waals surface area contributed by atoms with Gasteiger partial charge in [-0.25, -0.2) is 8.78 Å². The molecule has 0 spiro atoms. The van der Waals surface area contributed by atoms with E-state index in [0.29, 0.717) is 18.1 Å². The predicted molar refractivity (Wildman–Crippen MR) is 105 cm³/mol. The highest BCUT2D eigenvalue weighted by Gasteiger charge is 2.09. The number of aliphatic imine (C=N–C) groups is 1. The Morgan fingerprint density at radius 1 is 1.20 bits per heavy atom. The topological polar surface area (TPSA) is 51.4 Å². The van der Waals surface area contributed by atoms with E-state index in [1.807, 2.05) is 18.0 Å². The van der Waals surface area contributed by atoms with Gasteiger partial charge in [0.15, 0.2) is 5.96 Å². The van der Waals surface area contributed by atoms with E-state index < -0.39 is 5.82 Å². The summed E-state index contributed by atoms with van der Waals surface area (Å²) in [5.41, 5.74) is 1.67. The standard InChI is InChI=1S/C18H18F2N4.HI/c1-22-18(24(2)12-13-4-7-16(19)8-5-13)23-11-15-6-3-14(10-21)9-17(15)20;/h3-9H,11-12H2,1-2H3,(H,22,23);1H. The Morgan fingerprint density at radius 3 is 2.44 bits per heavy atom. The maximum absolute atomic E-state index is 13.9. The third kappa shape index (κ3) is 5.98. The van der Waals surface area contributed by atoms with Gasteiger partial charge in [0.05, 0.1) is 11.6 Å². The summed E-state index contributed by atoms with van der Waals surface area (Å²) in [6.07, 6.45) is 0. The monoisotopic (exact) mass is 456 g/mol. The van der Waals surface area contributed by atoms with Crippen molar-refractivity contribution in [2.24, 2.45) is 4.99 Å². The molecule has 4 nitrogen and oxygen atoms in total. The van der Waals surface area contributed by atoms with Crippen molar-refractivity contribution in [2.45, 2.75) is 13.1 Å². The summed E-state index contributed by atoms with van der Waals surface area (Å²) in [5, 5.41) is 11.8. The van der Waals surface area contributed by atoms with Crippen molar-refractivity contribution < 1.29 is 8.78 Å². The molecule has 0 aliphatic carbocycles.